The van der Waals surface area contributed by atoms with Crippen molar-refractivity contribution < 1.29 is 8.42 Å². The SMILES string of the molecule is O=S(=O)(NCc1ccc(-c2ccn[nH]2)cc1)N1CCCC1. The summed E-state index contributed by atoms with van der Waals surface area (Å²) < 4.78 is 28.3. The van der Waals surface area contributed by atoms with Gasteiger partial charge in [0.25, 0.3) is 10.2 Å². The molecule has 1 aliphatic rings. The van der Waals surface area contributed by atoms with E-state index in [1.54, 1.807) is 6.20 Å². The number of hydrogen-bond acceptors (Lipinski definition) is 3. The van der Waals surface area contributed by atoms with Crippen molar-refractivity contribution >= 4 is 10.2 Å². The van der Waals surface area contributed by atoms with E-state index in [0.717, 1.165) is 29.7 Å². The fourth-order valence-electron chi connectivity index (χ4n) is 2.41. The van der Waals surface area contributed by atoms with Crippen molar-refractivity contribution in [2.75, 3.05) is 13.1 Å². The molecule has 3 rings (SSSR count). The van der Waals surface area contributed by atoms with Crippen LogP contribution in [0.4, 0.5) is 0 Å². The zero-order chi connectivity index (χ0) is 14.7. The highest BCUT2D eigenvalue weighted by molar-refractivity contribution is 7.87. The van der Waals surface area contributed by atoms with Crippen LogP contribution in [-0.4, -0.2) is 36.0 Å². The molecule has 1 saturated heterocycles. The summed E-state index contributed by atoms with van der Waals surface area (Å²) in [5, 5.41) is 6.81. The van der Waals surface area contributed by atoms with Crippen LogP contribution in [-0.2, 0) is 16.8 Å². The second kappa shape index (κ2) is 5.97. The van der Waals surface area contributed by atoms with Crippen LogP contribution in [0.2, 0.25) is 0 Å². The van der Waals surface area contributed by atoms with Gasteiger partial charge in [-0.25, -0.2) is 0 Å². The molecule has 0 aliphatic carbocycles. The Morgan fingerprint density at radius 1 is 1.14 bits per heavy atom. The molecule has 2 N–H and O–H groups in total. The van der Waals surface area contributed by atoms with Gasteiger partial charge in [-0.15, -0.1) is 0 Å². The highest BCUT2D eigenvalue weighted by Crippen LogP contribution is 2.17. The molecule has 1 aromatic heterocycles. The quantitative estimate of drug-likeness (QED) is 0.879. The average molecular weight is 306 g/mol. The number of benzene rings is 1. The molecular weight excluding hydrogens is 288 g/mol. The molecule has 1 aromatic carbocycles. The third-order valence-corrected chi connectivity index (χ3v) is 5.18. The Morgan fingerprint density at radius 3 is 2.48 bits per heavy atom. The summed E-state index contributed by atoms with van der Waals surface area (Å²) in [7, 11) is -3.34. The molecule has 2 heterocycles. The predicted octanol–water partition coefficient (Wildman–Crippen LogP) is 1.51. The molecule has 0 spiro atoms. The standard InChI is InChI=1S/C14H18N4O2S/c19-21(20,18-9-1-2-10-18)16-11-12-3-5-13(6-4-12)14-7-8-15-17-14/h3-8,16H,1-2,9-11H2,(H,15,17). The van der Waals surface area contributed by atoms with E-state index >= 15 is 0 Å². The number of aromatic nitrogens is 2. The van der Waals surface area contributed by atoms with E-state index in [0.29, 0.717) is 19.6 Å². The maximum atomic E-state index is 12.1. The van der Waals surface area contributed by atoms with Gasteiger partial charge in [-0.1, -0.05) is 24.3 Å². The van der Waals surface area contributed by atoms with Crippen molar-refractivity contribution in [2.45, 2.75) is 19.4 Å². The number of aromatic amines is 1. The topological polar surface area (TPSA) is 78.1 Å². The lowest BCUT2D eigenvalue weighted by Gasteiger charge is -2.16. The minimum absolute atomic E-state index is 0.308. The van der Waals surface area contributed by atoms with Gasteiger partial charge in [-0.05, 0) is 30.0 Å². The first-order chi connectivity index (χ1) is 10.1. The molecule has 6 nitrogen and oxygen atoms in total. The van der Waals surface area contributed by atoms with Crippen LogP contribution < -0.4 is 4.72 Å². The van der Waals surface area contributed by atoms with Crippen molar-refractivity contribution in [1.82, 2.24) is 19.2 Å². The number of nitrogens with one attached hydrogen (secondary N) is 2. The van der Waals surface area contributed by atoms with Crippen LogP contribution >= 0.6 is 0 Å². The molecule has 1 aliphatic heterocycles. The largest absolute Gasteiger partial charge is 0.279 e. The first-order valence-electron chi connectivity index (χ1n) is 6.98. The molecule has 112 valence electrons. The lowest BCUT2D eigenvalue weighted by Crippen LogP contribution is -2.38. The zero-order valence-electron chi connectivity index (χ0n) is 11.6. The Hall–Kier alpha value is -1.70. The Bertz CT molecular complexity index is 674. The van der Waals surface area contributed by atoms with Crippen molar-refractivity contribution in [1.29, 1.82) is 0 Å². The summed E-state index contributed by atoms with van der Waals surface area (Å²) >= 11 is 0. The van der Waals surface area contributed by atoms with E-state index in [9.17, 15) is 8.42 Å². The fourth-order valence-corrected chi connectivity index (χ4v) is 3.68. The molecule has 0 unspecified atom stereocenters. The monoisotopic (exact) mass is 306 g/mol. The molecule has 1 fully saturated rings. The van der Waals surface area contributed by atoms with Gasteiger partial charge in [0.2, 0.25) is 0 Å². The Morgan fingerprint density at radius 2 is 1.86 bits per heavy atom. The van der Waals surface area contributed by atoms with Crippen LogP contribution in [0.25, 0.3) is 11.3 Å². The van der Waals surface area contributed by atoms with Crippen molar-refractivity contribution in [3.63, 3.8) is 0 Å². The minimum Gasteiger partial charge on any atom is -0.278 e. The van der Waals surface area contributed by atoms with Crippen molar-refractivity contribution in [2.24, 2.45) is 0 Å². The van der Waals surface area contributed by atoms with Crippen LogP contribution in [0.15, 0.2) is 36.5 Å². The molecule has 0 atom stereocenters. The normalized spacial score (nSPS) is 16.4. The van der Waals surface area contributed by atoms with Gasteiger partial charge in [-0.2, -0.15) is 22.5 Å². The summed E-state index contributed by atoms with van der Waals surface area (Å²) in [6.45, 7) is 1.55. The summed E-state index contributed by atoms with van der Waals surface area (Å²) in [6.07, 6.45) is 3.59. The van der Waals surface area contributed by atoms with Crippen LogP contribution in [0.3, 0.4) is 0 Å². The Kier molecular flexibility index (Phi) is 4.05. The number of nitrogens with zero attached hydrogens (tertiary/aromatic N) is 2. The Labute approximate surface area is 124 Å². The van der Waals surface area contributed by atoms with Gasteiger partial charge in [-0.3, -0.25) is 5.10 Å². The number of rotatable bonds is 5. The van der Waals surface area contributed by atoms with Crippen LogP contribution in [0, 0.1) is 0 Å². The molecule has 0 amide bonds. The molecule has 7 heteroatoms. The lowest BCUT2D eigenvalue weighted by atomic mass is 10.1. The van der Waals surface area contributed by atoms with Crippen LogP contribution in [0.1, 0.15) is 18.4 Å². The van der Waals surface area contributed by atoms with Gasteiger partial charge in [0.15, 0.2) is 0 Å². The van der Waals surface area contributed by atoms with Crippen LogP contribution in [0.5, 0.6) is 0 Å². The summed E-state index contributed by atoms with van der Waals surface area (Å²) in [6, 6.07) is 9.64. The fraction of sp³-hybridized carbons (Fsp3) is 0.357. The lowest BCUT2D eigenvalue weighted by molar-refractivity contribution is 0.464. The van der Waals surface area contributed by atoms with E-state index in [-0.39, 0.29) is 0 Å². The van der Waals surface area contributed by atoms with E-state index in [2.05, 4.69) is 14.9 Å². The van der Waals surface area contributed by atoms with Crippen molar-refractivity contribution in [3.05, 3.63) is 42.1 Å². The molecule has 2 aromatic rings. The minimum atomic E-state index is -3.34. The van der Waals surface area contributed by atoms with Gasteiger partial charge in [0.1, 0.15) is 0 Å². The first kappa shape index (κ1) is 14.2. The molecule has 0 saturated carbocycles. The van der Waals surface area contributed by atoms with Gasteiger partial charge in [0, 0.05) is 25.8 Å². The summed E-state index contributed by atoms with van der Waals surface area (Å²) in [5.41, 5.74) is 2.90. The predicted molar refractivity (Wildman–Crippen MR) is 80.6 cm³/mol. The van der Waals surface area contributed by atoms with Gasteiger partial charge in [0.05, 0.1) is 5.69 Å². The maximum Gasteiger partial charge on any atom is 0.279 e. The molecule has 0 bridgehead atoms. The number of hydrogen-bond donors (Lipinski definition) is 2. The molecular formula is C14H18N4O2S. The smallest absolute Gasteiger partial charge is 0.278 e. The van der Waals surface area contributed by atoms with E-state index in [1.807, 2.05) is 30.3 Å². The number of H-pyrrole nitrogens is 1. The Balaban J connectivity index is 1.63. The molecule has 0 radical (unpaired) electrons. The average Bonchev–Trinajstić information content (AvgIpc) is 3.19. The third-order valence-electron chi connectivity index (χ3n) is 3.63. The zero-order valence-corrected chi connectivity index (χ0v) is 12.4. The second-order valence-corrected chi connectivity index (χ2v) is 6.85. The third kappa shape index (κ3) is 3.31. The highest BCUT2D eigenvalue weighted by Gasteiger charge is 2.24. The van der Waals surface area contributed by atoms with E-state index in [4.69, 9.17) is 0 Å². The maximum absolute atomic E-state index is 12.1. The molecule has 21 heavy (non-hydrogen) atoms. The van der Waals surface area contributed by atoms with Crippen molar-refractivity contribution in [3.8, 4) is 11.3 Å². The van der Waals surface area contributed by atoms with E-state index in [1.165, 1.54) is 4.31 Å². The second-order valence-electron chi connectivity index (χ2n) is 5.10. The van der Waals surface area contributed by atoms with Gasteiger partial charge < -0.3 is 0 Å². The van der Waals surface area contributed by atoms with Gasteiger partial charge >= 0.3 is 0 Å². The summed E-state index contributed by atoms with van der Waals surface area (Å²) in [5.74, 6) is 0. The summed E-state index contributed by atoms with van der Waals surface area (Å²) in [4.78, 5) is 0. The first-order valence-corrected chi connectivity index (χ1v) is 8.42. The highest BCUT2D eigenvalue weighted by atomic mass is 32.2. The van der Waals surface area contributed by atoms with E-state index < -0.39 is 10.2 Å².